The number of imidazole rings is 1. The molecule has 0 amide bonds. The van der Waals surface area contributed by atoms with Crippen LogP contribution in [-0.4, -0.2) is 27.0 Å². The van der Waals surface area contributed by atoms with Gasteiger partial charge in [-0.15, -0.1) is 24.0 Å². The average molecular weight is 412 g/mol. The Morgan fingerprint density at radius 1 is 1.36 bits per heavy atom. The van der Waals surface area contributed by atoms with Crippen LogP contribution in [0.3, 0.4) is 0 Å². The van der Waals surface area contributed by atoms with E-state index < -0.39 is 0 Å². The van der Waals surface area contributed by atoms with Gasteiger partial charge in [-0.2, -0.15) is 0 Å². The Balaban J connectivity index is 0.00000176. The molecule has 0 spiro atoms. The molecule has 2 aromatic heterocycles. The maximum absolute atomic E-state index is 5.84. The molecule has 3 N–H and O–H groups in total. The van der Waals surface area contributed by atoms with Crippen LogP contribution in [0.5, 0.6) is 0 Å². The van der Waals surface area contributed by atoms with Gasteiger partial charge in [0.05, 0.1) is 5.69 Å². The highest BCUT2D eigenvalue weighted by molar-refractivity contribution is 14.0. The van der Waals surface area contributed by atoms with Crippen LogP contribution in [0.25, 0.3) is 0 Å². The molecule has 0 aliphatic carbocycles. The summed E-state index contributed by atoms with van der Waals surface area (Å²) in [7, 11) is 0. The second kappa shape index (κ2) is 8.11. The zero-order chi connectivity index (χ0) is 14.5. The van der Waals surface area contributed by atoms with Crippen molar-refractivity contribution < 1.29 is 0 Å². The first-order chi connectivity index (χ1) is 10.3. The minimum atomic E-state index is 0. The summed E-state index contributed by atoms with van der Waals surface area (Å²) in [5.41, 5.74) is 6.94. The molecule has 1 aliphatic rings. The van der Waals surface area contributed by atoms with Gasteiger partial charge in [-0.3, -0.25) is 4.99 Å². The molecule has 118 valence electrons. The number of anilines is 1. The molecule has 3 rings (SSSR count). The number of nitrogens with one attached hydrogen (secondary N) is 1. The first kappa shape index (κ1) is 16.7. The Kier molecular flexibility index (Phi) is 6.17. The third-order valence-electron chi connectivity index (χ3n) is 3.53. The van der Waals surface area contributed by atoms with Crippen molar-refractivity contribution in [1.82, 2.24) is 14.5 Å². The quantitative estimate of drug-likeness (QED) is 0.459. The van der Waals surface area contributed by atoms with Crippen molar-refractivity contribution >= 4 is 35.8 Å². The molecule has 0 bridgehead atoms. The smallest absolute Gasteiger partial charge is 0.194 e. The van der Waals surface area contributed by atoms with E-state index in [1.165, 1.54) is 18.7 Å². The van der Waals surface area contributed by atoms with Gasteiger partial charge in [0.1, 0.15) is 11.6 Å². The fourth-order valence-electron chi connectivity index (χ4n) is 2.49. The van der Waals surface area contributed by atoms with Gasteiger partial charge >= 0.3 is 0 Å². The number of aromatic nitrogens is 3. The van der Waals surface area contributed by atoms with Crippen LogP contribution in [0.15, 0.2) is 35.6 Å². The van der Waals surface area contributed by atoms with Crippen molar-refractivity contribution in [1.29, 1.82) is 0 Å². The molecular weight excluding hydrogens is 391 g/mol. The summed E-state index contributed by atoms with van der Waals surface area (Å²) >= 11 is 0. The number of pyridine rings is 1. The molecule has 2 aromatic rings. The van der Waals surface area contributed by atoms with Crippen LogP contribution >= 0.6 is 24.0 Å². The third kappa shape index (κ3) is 4.43. The normalized spacial score (nSPS) is 14.1. The second-order valence-electron chi connectivity index (χ2n) is 5.16. The Morgan fingerprint density at radius 3 is 3.05 bits per heavy atom. The number of nitrogens with two attached hydrogens (primary N) is 1. The number of guanidine groups is 1. The molecule has 0 atom stereocenters. The van der Waals surface area contributed by atoms with E-state index in [1.807, 2.05) is 18.2 Å². The van der Waals surface area contributed by atoms with E-state index in [9.17, 15) is 0 Å². The van der Waals surface area contributed by atoms with Gasteiger partial charge in [0.25, 0.3) is 0 Å². The number of rotatable bonds is 4. The lowest BCUT2D eigenvalue weighted by Gasteiger charge is -2.11. The van der Waals surface area contributed by atoms with Gasteiger partial charge in [0.2, 0.25) is 0 Å². The van der Waals surface area contributed by atoms with E-state index in [-0.39, 0.29) is 24.0 Å². The summed E-state index contributed by atoms with van der Waals surface area (Å²) in [6.45, 7) is 1.72. The molecule has 3 heterocycles. The molecule has 0 unspecified atom stereocenters. The lowest BCUT2D eigenvalue weighted by Crippen LogP contribution is -2.23. The van der Waals surface area contributed by atoms with Crippen LogP contribution in [0.2, 0.25) is 0 Å². The van der Waals surface area contributed by atoms with E-state index in [0.717, 1.165) is 25.1 Å². The van der Waals surface area contributed by atoms with Gasteiger partial charge < -0.3 is 15.6 Å². The minimum Gasteiger partial charge on any atom is -0.370 e. The molecule has 1 aliphatic heterocycles. The molecule has 7 heteroatoms. The number of aliphatic imine (C=N–C) groups is 1. The second-order valence-corrected chi connectivity index (χ2v) is 5.16. The lowest BCUT2D eigenvalue weighted by molar-refractivity contribution is 0.522. The highest BCUT2D eigenvalue weighted by Gasteiger charge is 2.11. The van der Waals surface area contributed by atoms with Crippen molar-refractivity contribution in [2.24, 2.45) is 10.7 Å². The summed E-state index contributed by atoms with van der Waals surface area (Å²) in [6.07, 6.45) is 8.26. The number of halogens is 1. The number of aryl methyl sites for hydroxylation is 2. The van der Waals surface area contributed by atoms with E-state index >= 15 is 0 Å². The van der Waals surface area contributed by atoms with Crippen LogP contribution in [0.4, 0.5) is 5.82 Å². The minimum absolute atomic E-state index is 0. The molecule has 0 radical (unpaired) electrons. The molecule has 22 heavy (non-hydrogen) atoms. The van der Waals surface area contributed by atoms with Crippen LogP contribution in [0.1, 0.15) is 24.4 Å². The molecule has 0 fully saturated rings. The van der Waals surface area contributed by atoms with Crippen LogP contribution < -0.4 is 11.1 Å². The lowest BCUT2D eigenvalue weighted by atomic mass is 10.2. The molecule has 0 saturated heterocycles. The highest BCUT2D eigenvalue weighted by atomic mass is 127. The molecule has 0 saturated carbocycles. The van der Waals surface area contributed by atoms with Gasteiger partial charge in [0, 0.05) is 38.3 Å². The standard InChI is InChI=1S/C15H20N6.HI/c16-15(20-13-5-1-3-8-17-13)18-9-7-12-11-21-10-4-2-6-14(21)19-12;/h1,3,5,8,11H,2,4,6-7,9-10H2,(H3,16,17,18,20);1H. The fourth-order valence-corrected chi connectivity index (χ4v) is 2.49. The van der Waals surface area contributed by atoms with Crippen LogP contribution in [-0.2, 0) is 19.4 Å². The van der Waals surface area contributed by atoms with Gasteiger partial charge in [0.15, 0.2) is 5.96 Å². The summed E-state index contributed by atoms with van der Waals surface area (Å²) in [5.74, 6) is 2.30. The predicted octanol–water partition coefficient (Wildman–Crippen LogP) is 2.20. The topological polar surface area (TPSA) is 81.1 Å². The number of nitrogens with zero attached hydrogens (tertiary/aromatic N) is 4. The Bertz CT molecular complexity index is 599. The number of hydrogen-bond acceptors (Lipinski definition) is 3. The summed E-state index contributed by atoms with van der Waals surface area (Å²) in [5, 5.41) is 2.97. The van der Waals surface area contributed by atoms with Gasteiger partial charge in [-0.25, -0.2) is 9.97 Å². The van der Waals surface area contributed by atoms with E-state index in [0.29, 0.717) is 18.3 Å². The largest absolute Gasteiger partial charge is 0.370 e. The zero-order valence-electron chi connectivity index (χ0n) is 12.4. The maximum atomic E-state index is 5.84. The van der Waals surface area contributed by atoms with E-state index in [2.05, 4.69) is 31.0 Å². The average Bonchev–Trinajstić information content (AvgIpc) is 2.91. The van der Waals surface area contributed by atoms with Gasteiger partial charge in [-0.05, 0) is 25.0 Å². The van der Waals surface area contributed by atoms with E-state index in [4.69, 9.17) is 5.73 Å². The summed E-state index contributed by atoms with van der Waals surface area (Å²) in [4.78, 5) is 13.1. The first-order valence-electron chi connectivity index (χ1n) is 7.34. The van der Waals surface area contributed by atoms with E-state index in [1.54, 1.807) is 6.20 Å². The van der Waals surface area contributed by atoms with Gasteiger partial charge in [-0.1, -0.05) is 6.07 Å². The number of fused-ring (bicyclic) bond motifs is 1. The third-order valence-corrected chi connectivity index (χ3v) is 3.53. The first-order valence-corrected chi connectivity index (χ1v) is 7.34. The fraction of sp³-hybridized carbons (Fsp3) is 0.400. The zero-order valence-corrected chi connectivity index (χ0v) is 14.7. The highest BCUT2D eigenvalue weighted by Crippen LogP contribution is 2.14. The van der Waals surface area contributed by atoms with Crippen molar-refractivity contribution in [2.75, 3.05) is 11.9 Å². The Hall–Kier alpha value is -1.64. The van der Waals surface area contributed by atoms with Crippen LogP contribution in [0, 0.1) is 0 Å². The monoisotopic (exact) mass is 412 g/mol. The van der Waals surface area contributed by atoms with Crippen molar-refractivity contribution in [2.45, 2.75) is 32.2 Å². The van der Waals surface area contributed by atoms with Crippen molar-refractivity contribution in [3.05, 3.63) is 42.1 Å². The predicted molar refractivity (Wildman–Crippen MR) is 98.6 cm³/mol. The summed E-state index contributed by atoms with van der Waals surface area (Å²) in [6, 6.07) is 5.61. The maximum Gasteiger partial charge on any atom is 0.194 e. The molecular formula is C15H21IN6. The van der Waals surface area contributed by atoms with Crippen molar-refractivity contribution in [3.63, 3.8) is 0 Å². The Labute approximate surface area is 147 Å². The Morgan fingerprint density at radius 2 is 2.27 bits per heavy atom. The SMILES string of the molecule is I.NC(=NCCc1cn2c(n1)CCCC2)Nc1ccccn1. The van der Waals surface area contributed by atoms with Crippen molar-refractivity contribution in [3.8, 4) is 0 Å². The number of hydrogen-bond donors (Lipinski definition) is 2. The molecule has 0 aromatic carbocycles. The summed E-state index contributed by atoms with van der Waals surface area (Å²) < 4.78 is 2.26. The molecule has 6 nitrogen and oxygen atoms in total.